The third-order valence-corrected chi connectivity index (χ3v) is 6.40. The standard InChI is InChI=1S/C20H20ClNO3.C7H4Cl2O.C2H6/c1-2-25-19(24)20(11-4-12-20)15-7-9-17(10-8-15)22-18(23)14-5-3-6-16(21)13-14;8-6-3-1-2-5(4-6)7(9)10;1-2/h3,5-10,13H,2,4,11-12H2,1H3,(H,22,23);1-4H;1-2H3. The molecule has 0 aromatic heterocycles. The Balaban J connectivity index is 0.000000336. The minimum absolute atomic E-state index is 0.156. The van der Waals surface area contributed by atoms with Crippen LogP contribution in [0.2, 0.25) is 10.0 Å². The fourth-order valence-electron chi connectivity index (χ4n) is 3.73. The van der Waals surface area contributed by atoms with E-state index >= 15 is 0 Å². The number of benzene rings is 3. The summed E-state index contributed by atoms with van der Waals surface area (Å²) in [6, 6.07) is 20.7. The molecule has 4 rings (SSSR count). The lowest BCUT2D eigenvalue weighted by molar-refractivity contribution is -0.153. The van der Waals surface area contributed by atoms with Crippen LogP contribution in [0.25, 0.3) is 0 Å². The molecular weight excluding hydrogens is 533 g/mol. The van der Waals surface area contributed by atoms with Gasteiger partial charge in [0, 0.05) is 26.9 Å². The first kappa shape index (κ1) is 30.4. The van der Waals surface area contributed by atoms with E-state index in [0.29, 0.717) is 33.5 Å². The second kappa shape index (κ2) is 14.8. The lowest BCUT2D eigenvalue weighted by atomic mass is 9.64. The summed E-state index contributed by atoms with van der Waals surface area (Å²) >= 11 is 16.7. The normalized spacial score (nSPS) is 12.9. The Hall–Kier alpha value is -2.86. The molecule has 0 heterocycles. The van der Waals surface area contributed by atoms with Crippen molar-refractivity contribution < 1.29 is 19.1 Å². The largest absolute Gasteiger partial charge is 0.465 e. The summed E-state index contributed by atoms with van der Waals surface area (Å²) in [5.74, 6) is -0.379. The molecule has 1 saturated carbocycles. The highest BCUT2D eigenvalue weighted by molar-refractivity contribution is 6.67. The number of carbonyl (C=O) groups is 3. The van der Waals surface area contributed by atoms with Gasteiger partial charge in [0.05, 0.1) is 12.0 Å². The summed E-state index contributed by atoms with van der Waals surface area (Å²) in [7, 11) is 0. The molecule has 1 N–H and O–H groups in total. The van der Waals surface area contributed by atoms with Crippen LogP contribution in [0.5, 0.6) is 0 Å². The van der Waals surface area contributed by atoms with Crippen molar-refractivity contribution in [2.45, 2.75) is 45.4 Å². The Labute approximate surface area is 233 Å². The van der Waals surface area contributed by atoms with Gasteiger partial charge in [0.2, 0.25) is 0 Å². The van der Waals surface area contributed by atoms with Gasteiger partial charge in [0.25, 0.3) is 11.1 Å². The second-order valence-electron chi connectivity index (χ2n) is 7.98. The smallest absolute Gasteiger partial charge is 0.316 e. The zero-order valence-electron chi connectivity index (χ0n) is 21.0. The number of hydrogen-bond donors (Lipinski definition) is 1. The van der Waals surface area contributed by atoms with E-state index in [0.717, 1.165) is 24.8 Å². The highest BCUT2D eigenvalue weighted by atomic mass is 35.5. The molecule has 1 aliphatic rings. The van der Waals surface area contributed by atoms with E-state index in [9.17, 15) is 14.4 Å². The van der Waals surface area contributed by atoms with Gasteiger partial charge in [0.15, 0.2) is 0 Å². The summed E-state index contributed by atoms with van der Waals surface area (Å²) in [5.41, 5.74) is 2.02. The van der Waals surface area contributed by atoms with Gasteiger partial charge >= 0.3 is 5.97 Å². The van der Waals surface area contributed by atoms with Crippen LogP contribution >= 0.6 is 34.8 Å². The Morgan fingerprint density at radius 3 is 1.84 bits per heavy atom. The highest BCUT2D eigenvalue weighted by Gasteiger charge is 2.46. The van der Waals surface area contributed by atoms with Crippen molar-refractivity contribution in [1.29, 1.82) is 0 Å². The van der Waals surface area contributed by atoms with Gasteiger partial charge in [-0.25, -0.2) is 0 Å². The van der Waals surface area contributed by atoms with E-state index in [1.54, 1.807) is 42.5 Å². The monoisotopic (exact) mass is 561 g/mol. The van der Waals surface area contributed by atoms with Crippen molar-refractivity contribution in [3.63, 3.8) is 0 Å². The minimum Gasteiger partial charge on any atom is -0.465 e. The van der Waals surface area contributed by atoms with Gasteiger partial charge in [0.1, 0.15) is 0 Å². The summed E-state index contributed by atoms with van der Waals surface area (Å²) in [4.78, 5) is 35.1. The van der Waals surface area contributed by atoms with Crippen LogP contribution in [0, 0.1) is 0 Å². The number of rotatable bonds is 6. The molecule has 1 aliphatic carbocycles. The van der Waals surface area contributed by atoms with Crippen molar-refractivity contribution in [2.24, 2.45) is 0 Å². The molecule has 0 spiro atoms. The zero-order chi connectivity index (χ0) is 27.4. The fraction of sp³-hybridized carbons (Fsp3) is 0.276. The predicted molar refractivity (Wildman–Crippen MR) is 151 cm³/mol. The first-order valence-corrected chi connectivity index (χ1v) is 13.2. The van der Waals surface area contributed by atoms with Gasteiger partial charge < -0.3 is 10.1 Å². The summed E-state index contributed by atoms with van der Waals surface area (Å²) < 4.78 is 5.25. The van der Waals surface area contributed by atoms with E-state index in [1.807, 2.05) is 45.0 Å². The van der Waals surface area contributed by atoms with Crippen LogP contribution in [0.15, 0.2) is 72.8 Å². The molecule has 3 aromatic rings. The molecule has 0 atom stereocenters. The van der Waals surface area contributed by atoms with Gasteiger partial charge in [-0.3, -0.25) is 14.4 Å². The van der Waals surface area contributed by atoms with Crippen LogP contribution in [0.1, 0.15) is 66.3 Å². The van der Waals surface area contributed by atoms with Gasteiger partial charge in [-0.2, -0.15) is 0 Å². The summed E-state index contributed by atoms with van der Waals surface area (Å²) in [6.07, 6.45) is 2.63. The quantitative estimate of drug-likeness (QED) is 0.242. The number of anilines is 1. The Morgan fingerprint density at radius 2 is 1.41 bits per heavy atom. The van der Waals surface area contributed by atoms with Crippen LogP contribution in [-0.4, -0.2) is 23.7 Å². The van der Waals surface area contributed by atoms with E-state index in [2.05, 4.69) is 5.32 Å². The van der Waals surface area contributed by atoms with Crippen LogP contribution < -0.4 is 5.32 Å². The number of amides is 1. The predicted octanol–water partition coefficient (Wildman–Crippen LogP) is 8.32. The number of hydrogen-bond acceptors (Lipinski definition) is 4. The lowest BCUT2D eigenvalue weighted by Crippen LogP contribution is -2.43. The molecule has 0 bridgehead atoms. The third-order valence-electron chi connectivity index (χ3n) is 5.71. The number of ether oxygens (including phenoxy) is 1. The molecule has 0 saturated heterocycles. The Bertz CT molecular complexity index is 1210. The molecule has 5 nitrogen and oxygen atoms in total. The summed E-state index contributed by atoms with van der Waals surface area (Å²) in [6.45, 7) is 6.20. The van der Waals surface area contributed by atoms with Crippen molar-refractivity contribution in [3.05, 3.63) is 99.5 Å². The van der Waals surface area contributed by atoms with Crippen LogP contribution in [0.4, 0.5) is 5.69 Å². The Morgan fingerprint density at radius 1 is 0.865 bits per heavy atom. The van der Waals surface area contributed by atoms with Crippen LogP contribution in [-0.2, 0) is 14.9 Å². The maximum absolute atomic E-state index is 12.3. The first-order valence-electron chi connectivity index (χ1n) is 12.1. The van der Waals surface area contributed by atoms with Crippen molar-refractivity contribution >= 4 is 57.6 Å². The van der Waals surface area contributed by atoms with Gasteiger partial charge in [-0.1, -0.05) is 67.7 Å². The van der Waals surface area contributed by atoms with Crippen molar-refractivity contribution in [3.8, 4) is 0 Å². The highest BCUT2D eigenvalue weighted by Crippen LogP contribution is 2.45. The first-order chi connectivity index (χ1) is 17.7. The van der Waals surface area contributed by atoms with E-state index in [1.165, 1.54) is 6.07 Å². The lowest BCUT2D eigenvalue weighted by Gasteiger charge is -2.39. The maximum atomic E-state index is 12.3. The Kier molecular flexibility index (Phi) is 12.1. The van der Waals surface area contributed by atoms with Gasteiger partial charge in [-0.15, -0.1) is 0 Å². The molecular formula is C29H30Cl3NO4. The van der Waals surface area contributed by atoms with Crippen LogP contribution in [0.3, 0.4) is 0 Å². The third kappa shape index (κ3) is 8.32. The van der Waals surface area contributed by atoms with E-state index < -0.39 is 10.7 Å². The SMILES string of the molecule is CC.CCOC(=O)C1(c2ccc(NC(=O)c3cccc(Cl)c3)cc2)CCC1.O=C(Cl)c1cccc(Cl)c1. The van der Waals surface area contributed by atoms with E-state index in [4.69, 9.17) is 39.5 Å². The molecule has 0 radical (unpaired) electrons. The number of nitrogens with one attached hydrogen (secondary N) is 1. The average Bonchev–Trinajstić information content (AvgIpc) is 2.86. The minimum atomic E-state index is -0.522. The molecule has 0 unspecified atom stereocenters. The van der Waals surface area contributed by atoms with Crippen molar-refractivity contribution in [2.75, 3.05) is 11.9 Å². The maximum Gasteiger partial charge on any atom is 0.316 e. The molecule has 3 aromatic carbocycles. The van der Waals surface area contributed by atoms with Crippen molar-refractivity contribution in [1.82, 2.24) is 0 Å². The molecule has 8 heteroatoms. The molecule has 196 valence electrons. The number of esters is 1. The van der Waals surface area contributed by atoms with Gasteiger partial charge in [-0.05, 0) is 85.5 Å². The number of halogens is 3. The second-order valence-corrected chi connectivity index (χ2v) is 9.20. The van der Waals surface area contributed by atoms with E-state index in [-0.39, 0.29) is 11.9 Å². The average molecular weight is 563 g/mol. The molecule has 37 heavy (non-hydrogen) atoms. The topological polar surface area (TPSA) is 72.5 Å². The number of carbonyl (C=O) groups excluding carboxylic acids is 3. The summed E-state index contributed by atoms with van der Waals surface area (Å²) in [5, 5.41) is 3.39. The fourth-order valence-corrected chi connectivity index (χ4v) is 4.22. The molecule has 1 amide bonds. The zero-order valence-corrected chi connectivity index (χ0v) is 23.3. The molecule has 1 fully saturated rings. The molecule has 0 aliphatic heterocycles.